The van der Waals surface area contributed by atoms with Crippen molar-refractivity contribution in [3.05, 3.63) is 53.6 Å². The molecule has 2 N–H and O–H groups in total. The van der Waals surface area contributed by atoms with Gasteiger partial charge in [0.05, 0.1) is 0 Å². The molecule has 0 saturated heterocycles. The van der Waals surface area contributed by atoms with Gasteiger partial charge in [-0.15, -0.1) is 0 Å². The van der Waals surface area contributed by atoms with Crippen LogP contribution in [0.2, 0.25) is 0 Å². The van der Waals surface area contributed by atoms with Gasteiger partial charge in [-0.05, 0) is 18.4 Å². The number of nitrogens with one attached hydrogen (secondary N) is 2. The summed E-state index contributed by atoms with van der Waals surface area (Å²) in [6.45, 7) is 0.577. The lowest BCUT2D eigenvalue weighted by molar-refractivity contribution is 0.578. The summed E-state index contributed by atoms with van der Waals surface area (Å²) in [6, 6.07) is 10.9. The fraction of sp³-hybridized carbons (Fsp3) is 0.267. The largest absolute Gasteiger partial charge is 0.371 e. The Balaban J connectivity index is 1.88. The predicted molar refractivity (Wildman–Crippen MR) is 77.0 cm³/mol. The van der Waals surface area contributed by atoms with Crippen LogP contribution in [-0.4, -0.2) is 18.6 Å². The quantitative estimate of drug-likeness (QED) is 0.794. The van der Waals surface area contributed by atoms with E-state index in [1.54, 1.807) is 7.05 Å². The lowest BCUT2D eigenvalue weighted by atomic mass is 10.1. The molecule has 3 nitrogen and oxygen atoms in total. The van der Waals surface area contributed by atoms with E-state index in [1.807, 2.05) is 18.2 Å². The minimum atomic E-state index is -0.695. The van der Waals surface area contributed by atoms with Crippen LogP contribution in [0, 0.1) is 11.6 Å². The standard InChI is InChI=1S/C15H17F2N3/c1-18-14-12(16)10-13(17)15(20-14)19-9-5-8-11-6-3-2-4-7-11/h2-4,6-7,10H,5,8-9H2,1H3,(H2,18,19,20). The average molecular weight is 277 g/mol. The normalized spacial score (nSPS) is 10.3. The number of rotatable bonds is 6. The highest BCUT2D eigenvalue weighted by atomic mass is 19.1. The molecular formula is C15H17F2N3. The molecule has 0 aliphatic heterocycles. The van der Waals surface area contributed by atoms with E-state index in [1.165, 1.54) is 5.56 Å². The Bertz CT molecular complexity index is 559. The van der Waals surface area contributed by atoms with Crippen LogP contribution >= 0.6 is 0 Å². The Kier molecular flexibility index (Phi) is 4.87. The minimum Gasteiger partial charge on any atom is -0.371 e. The number of aryl methyl sites for hydroxylation is 1. The van der Waals surface area contributed by atoms with Gasteiger partial charge < -0.3 is 10.6 Å². The molecule has 2 aromatic rings. The molecule has 20 heavy (non-hydrogen) atoms. The van der Waals surface area contributed by atoms with Gasteiger partial charge in [-0.3, -0.25) is 0 Å². The molecule has 106 valence electrons. The first-order valence-electron chi connectivity index (χ1n) is 6.52. The fourth-order valence-corrected chi connectivity index (χ4v) is 1.91. The van der Waals surface area contributed by atoms with E-state index in [0.717, 1.165) is 18.9 Å². The van der Waals surface area contributed by atoms with E-state index < -0.39 is 11.6 Å². The van der Waals surface area contributed by atoms with Gasteiger partial charge in [-0.1, -0.05) is 30.3 Å². The monoisotopic (exact) mass is 277 g/mol. The number of pyridine rings is 1. The minimum absolute atomic E-state index is 0.0389. The van der Waals surface area contributed by atoms with Crippen molar-refractivity contribution in [1.82, 2.24) is 4.98 Å². The van der Waals surface area contributed by atoms with Crippen LogP contribution in [0.25, 0.3) is 0 Å². The number of anilines is 2. The summed E-state index contributed by atoms with van der Waals surface area (Å²) in [5.41, 5.74) is 1.23. The van der Waals surface area contributed by atoms with Crippen molar-refractivity contribution in [3.8, 4) is 0 Å². The topological polar surface area (TPSA) is 37.0 Å². The van der Waals surface area contributed by atoms with Gasteiger partial charge in [-0.2, -0.15) is 0 Å². The first-order valence-corrected chi connectivity index (χ1v) is 6.52. The van der Waals surface area contributed by atoms with Gasteiger partial charge in [0.15, 0.2) is 23.3 Å². The van der Waals surface area contributed by atoms with Crippen molar-refractivity contribution in [3.63, 3.8) is 0 Å². The SMILES string of the molecule is CNc1nc(NCCCc2ccccc2)c(F)cc1F. The summed E-state index contributed by atoms with van der Waals surface area (Å²) in [5.74, 6) is -1.26. The first-order chi connectivity index (χ1) is 9.70. The maximum Gasteiger partial charge on any atom is 0.168 e. The molecule has 5 heteroatoms. The van der Waals surface area contributed by atoms with Gasteiger partial charge in [-0.25, -0.2) is 13.8 Å². The lowest BCUT2D eigenvalue weighted by Crippen LogP contribution is -2.09. The summed E-state index contributed by atoms with van der Waals surface area (Å²) < 4.78 is 26.8. The third kappa shape index (κ3) is 3.66. The zero-order chi connectivity index (χ0) is 14.4. The molecule has 0 fully saturated rings. The van der Waals surface area contributed by atoms with Crippen molar-refractivity contribution in [2.45, 2.75) is 12.8 Å². The van der Waals surface area contributed by atoms with Crippen LogP contribution in [-0.2, 0) is 6.42 Å². The molecule has 0 bridgehead atoms. The van der Waals surface area contributed by atoms with Crippen LogP contribution in [0.1, 0.15) is 12.0 Å². The number of hydrogen-bond acceptors (Lipinski definition) is 3. The summed E-state index contributed by atoms with van der Waals surface area (Å²) in [4.78, 5) is 3.86. The highest BCUT2D eigenvalue weighted by molar-refractivity contribution is 5.47. The third-order valence-electron chi connectivity index (χ3n) is 2.94. The van der Waals surface area contributed by atoms with Gasteiger partial charge in [0.2, 0.25) is 0 Å². The molecule has 0 spiro atoms. The van der Waals surface area contributed by atoms with Crippen LogP contribution in [0.5, 0.6) is 0 Å². The van der Waals surface area contributed by atoms with Crippen LogP contribution < -0.4 is 10.6 Å². The highest BCUT2D eigenvalue weighted by Gasteiger charge is 2.10. The molecule has 0 atom stereocenters. The Morgan fingerprint density at radius 3 is 2.45 bits per heavy atom. The fourth-order valence-electron chi connectivity index (χ4n) is 1.91. The molecule has 0 radical (unpaired) electrons. The molecule has 0 unspecified atom stereocenters. The maximum absolute atomic E-state index is 13.5. The summed E-state index contributed by atoms with van der Waals surface area (Å²) >= 11 is 0. The zero-order valence-electron chi connectivity index (χ0n) is 11.3. The smallest absolute Gasteiger partial charge is 0.168 e. The Hall–Kier alpha value is -2.17. The van der Waals surface area contributed by atoms with E-state index in [2.05, 4.69) is 27.8 Å². The van der Waals surface area contributed by atoms with Crippen LogP contribution in [0.3, 0.4) is 0 Å². The Morgan fingerprint density at radius 1 is 1.05 bits per heavy atom. The molecular weight excluding hydrogens is 260 g/mol. The van der Waals surface area contributed by atoms with Gasteiger partial charge in [0.1, 0.15) is 0 Å². The number of nitrogens with zero attached hydrogens (tertiary/aromatic N) is 1. The second kappa shape index (κ2) is 6.84. The van der Waals surface area contributed by atoms with E-state index in [0.29, 0.717) is 6.54 Å². The summed E-state index contributed by atoms with van der Waals surface area (Å²) in [7, 11) is 1.54. The summed E-state index contributed by atoms with van der Waals surface area (Å²) in [6.07, 6.45) is 1.74. The molecule has 1 heterocycles. The Labute approximate surface area is 117 Å². The maximum atomic E-state index is 13.5. The molecule has 1 aromatic carbocycles. The second-order valence-electron chi connectivity index (χ2n) is 4.42. The number of aromatic nitrogens is 1. The van der Waals surface area contributed by atoms with Crippen molar-refractivity contribution < 1.29 is 8.78 Å². The molecule has 0 aliphatic rings. The second-order valence-corrected chi connectivity index (χ2v) is 4.42. The van der Waals surface area contributed by atoms with Crippen LogP contribution in [0.4, 0.5) is 20.4 Å². The summed E-state index contributed by atoms with van der Waals surface area (Å²) in [5, 5.41) is 5.48. The zero-order valence-corrected chi connectivity index (χ0v) is 11.3. The lowest BCUT2D eigenvalue weighted by Gasteiger charge is -2.09. The van der Waals surface area contributed by atoms with Crippen LogP contribution in [0.15, 0.2) is 36.4 Å². The molecule has 0 amide bonds. The van der Waals surface area contributed by atoms with E-state index in [-0.39, 0.29) is 11.6 Å². The molecule has 1 aromatic heterocycles. The van der Waals surface area contributed by atoms with Gasteiger partial charge in [0, 0.05) is 19.7 Å². The van der Waals surface area contributed by atoms with E-state index in [9.17, 15) is 8.78 Å². The van der Waals surface area contributed by atoms with Gasteiger partial charge in [0.25, 0.3) is 0 Å². The molecule has 2 rings (SSSR count). The number of benzene rings is 1. The van der Waals surface area contributed by atoms with Crippen molar-refractivity contribution >= 4 is 11.6 Å². The Morgan fingerprint density at radius 2 is 1.75 bits per heavy atom. The first kappa shape index (κ1) is 14.2. The van der Waals surface area contributed by atoms with Crippen molar-refractivity contribution in [2.75, 3.05) is 24.2 Å². The average Bonchev–Trinajstić information content (AvgIpc) is 2.46. The number of halogens is 2. The van der Waals surface area contributed by atoms with E-state index >= 15 is 0 Å². The van der Waals surface area contributed by atoms with Gasteiger partial charge >= 0.3 is 0 Å². The van der Waals surface area contributed by atoms with E-state index in [4.69, 9.17) is 0 Å². The van der Waals surface area contributed by atoms with Crippen molar-refractivity contribution in [2.24, 2.45) is 0 Å². The highest BCUT2D eigenvalue weighted by Crippen LogP contribution is 2.18. The van der Waals surface area contributed by atoms with Crippen molar-refractivity contribution in [1.29, 1.82) is 0 Å². The molecule has 0 aliphatic carbocycles. The predicted octanol–water partition coefficient (Wildman–Crippen LogP) is 3.45. The third-order valence-corrected chi connectivity index (χ3v) is 2.94. The molecule has 0 saturated carbocycles. The number of hydrogen-bond donors (Lipinski definition) is 2.